The topological polar surface area (TPSA) is 64.1 Å². The Kier molecular flexibility index (Phi) is 10.5. The van der Waals surface area contributed by atoms with Crippen molar-refractivity contribution >= 4 is 12.1 Å². The van der Waals surface area contributed by atoms with Crippen molar-refractivity contribution in [3.05, 3.63) is 36.5 Å². The number of hydrogen-bond donors (Lipinski definition) is 1. The molecule has 1 aliphatic heterocycles. The predicted molar refractivity (Wildman–Crippen MR) is 144 cm³/mol. The summed E-state index contributed by atoms with van der Waals surface area (Å²) in [5.74, 6) is 1.97. The smallest absolute Gasteiger partial charge is 0.331 e. The number of amides is 4. The summed E-state index contributed by atoms with van der Waals surface area (Å²) in [6, 6.07) is -0.624. The van der Waals surface area contributed by atoms with E-state index in [9.17, 15) is 14.7 Å². The molecule has 4 amide bonds. The molecular weight excluding hydrogens is 450 g/mol. The normalized spacial score (nSPS) is 28.9. The van der Waals surface area contributed by atoms with E-state index in [0.29, 0.717) is 37.4 Å². The number of nitrogens with zero attached hydrogens (tertiary/aromatic N) is 3. The molecule has 6 nitrogen and oxygen atoms in total. The van der Waals surface area contributed by atoms with Gasteiger partial charge in [-0.05, 0) is 114 Å². The van der Waals surface area contributed by atoms with Crippen LogP contribution in [0.5, 0.6) is 0 Å². The van der Waals surface area contributed by atoms with Crippen molar-refractivity contribution in [1.82, 2.24) is 14.7 Å². The number of carbonyl (C=O) groups is 2. The van der Waals surface area contributed by atoms with Gasteiger partial charge in [-0.2, -0.15) is 0 Å². The Bertz CT molecular complexity index is 757. The summed E-state index contributed by atoms with van der Waals surface area (Å²) in [6.45, 7) is 1.45. The van der Waals surface area contributed by atoms with E-state index in [-0.39, 0.29) is 12.1 Å². The first kappa shape index (κ1) is 27.0. The van der Waals surface area contributed by atoms with Crippen LogP contribution < -0.4 is 0 Å². The molecule has 3 aliphatic carbocycles. The Labute approximate surface area is 218 Å². The number of rotatable bonds is 12. The number of aliphatic hydroxyl groups is 1. The Morgan fingerprint density at radius 1 is 0.611 bits per heavy atom. The molecule has 0 aromatic carbocycles. The van der Waals surface area contributed by atoms with Gasteiger partial charge in [-0.1, -0.05) is 36.5 Å². The van der Waals surface area contributed by atoms with Gasteiger partial charge in [-0.25, -0.2) is 14.5 Å². The maximum absolute atomic E-state index is 13.4. The van der Waals surface area contributed by atoms with E-state index in [0.717, 1.165) is 77.0 Å². The maximum atomic E-state index is 13.4. The maximum Gasteiger partial charge on any atom is 0.331 e. The van der Waals surface area contributed by atoms with E-state index < -0.39 is 6.35 Å². The van der Waals surface area contributed by atoms with Crippen LogP contribution in [0.1, 0.15) is 96.3 Å². The average molecular weight is 498 g/mol. The minimum absolute atomic E-state index is 0.312. The molecule has 1 saturated heterocycles. The number of aliphatic hydroxyl groups excluding tert-OH is 1. The second-order valence-corrected chi connectivity index (χ2v) is 11.3. The Morgan fingerprint density at radius 3 is 1.36 bits per heavy atom. The zero-order chi connectivity index (χ0) is 25.2. The van der Waals surface area contributed by atoms with Gasteiger partial charge in [0.25, 0.3) is 0 Å². The Balaban J connectivity index is 1.34. The van der Waals surface area contributed by atoms with Crippen molar-refractivity contribution < 1.29 is 14.7 Å². The van der Waals surface area contributed by atoms with Gasteiger partial charge < -0.3 is 5.11 Å². The van der Waals surface area contributed by atoms with Crippen LogP contribution in [0, 0.1) is 17.8 Å². The standard InChI is InChI=1S/C30H47N3O3/c34-28-31(22-10-19-25-13-4-1-5-14-25)29(35)33(24-12-21-27-17-8-3-9-18-27)30(36)32(28)23-11-20-26-15-6-2-7-16-26/h1-4,6,8,25-28,34H,5,7,9-24H2. The lowest BCUT2D eigenvalue weighted by Crippen LogP contribution is -2.66. The first-order valence-electron chi connectivity index (χ1n) is 14.6. The molecule has 0 bridgehead atoms. The second kappa shape index (κ2) is 14.0. The van der Waals surface area contributed by atoms with E-state index >= 15 is 0 Å². The minimum Gasteiger partial charge on any atom is -0.356 e. The third kappa shape index (κ3) is 7.47. The van der Waals surface area contributed by atoms with Crippen LogP contribution in [0.4, 0.5) is 9.59 Å². The van der Waals surface area contributed by atoms with Crippen LogP contribution in [-0.2, 0) is 0 Å². The summed E-state index contributed by atoms with van der Waals surface area (Å²) < 4.78 is 0. The molecule has 4 rings (SSSR count). The molecule has 0 spiro atoms. The van der Waals surface area contributed by atoms with Crippen molar-refractivity contribution in [2.24, 2.45) is 17.8 Å². The van der Waals surface area contributed by atoms with E-state index in [1.165, 1.54) is 24.2 Å². The molecule has 4 aliphatic rings. The van der Waals surface area contributed by atoms with E-state index in [1.807, 2.05) is 0 Å². The van der Waals surface area contributed by atoms with E-state index in [4.69, 9.17) is 0 Å². The fraction of sp³-hybridized carbons (Fsp3) is 0.733. The van der Waals surface area contributed by atoms with Crippen LogP contribution in [0.15, 0.2) is 36.5 Å². The number of urea groups is 2. The van der Waals surface area contributed by atoms with Gasteiger partial charge >= 0.3 is 12.1 Å². The number of imide groups is 1. The molecule has 1 fully saturated rings. The fourth-order valence-corrected chi connectivity index (χ4v) is 6.37. The van der Waals surface area contributed by atoms with E-state index in [2.05, 4.69) is 36.5 Å². The molecule has 0 aromatic heterocycles. The molecular formula is C30H47N3O3. The van der Waals surface area contributed by atoms with Crippen LogP contribution in [-0.4, -0.2) is 57.9 Å². The van der Waals surface area contributed by atoms with Gasteiger partial charge in [-0.15, -0.1) is 0 Å². The second-order valence-electron chi connectivity index (χ2n) is 11.3. The molecule has 1 heterocycles. The van der Waals surface area contributed by atoms with Gasteiger partial charge in [0.1, 0.15) is 0 Å². The summed E-state index contributed by atoms with van der Waals surface area (Å²) in [7, 11) is 0. The molecule has 3 unspecified atom stereocenters. The lowest BCUT2D eigenvalue weighted by atomic mass is 9.90. The third-order valence-corrected chi connectivity index (χ3v) is 8.66. The Morgan fingerprint density at radius 2 is 1.00 bits per heavy atom. The van der Waals surface area contributed by atoms with Crippen LogP contribution >= 0.6 is 0 Å². The first-order valence-corrected chi connectivity index (χ1v) is 14.6. The van der Waals surface area contributed by atoms with Gasteiger partial charge in [0.05, 0.1) is 0 Å². The predicted octanol–water partition coefficient (Wildman–Crippen LogP) is 6.83. The molecule has 1 N–H and O–H groups in total. The first-order chi connectivity index (χ1) is 17.6. The highest BCUT2D eigenvalue weighted by Gasteiger charge is 2.42. The summed E-state index contributed by atoms with van der Waals surface area (Å²) in [5.41, 5.74) is 0. The summed E-state index contributed by atoms with van der Waals surface area (Å²) in [5, 5.41) is 11.1. The van der Waals surface area contributed by atoms with Gasteiger partial charge in [0.15, 0.2) is 0 Å². The van der Waals surface area contributed by atoms with Crippen molar-refractivity contribution in [3.63, 3.8) is 0 Å². The number of carbonyl (C=O) groups excluding carboxylic acids is 2. The molecule has 200 valence electrons. The van der Waals surface area contributed by atoms with Crippen LogP contribution in [0.2, 0.25) is 0 Å². The number of hydrogen-bond acceptors (Lipinski definition) is 3. The number of allylic oxidation sites excluding steroid dienone is 6. The quantitative estimate of drug-likeness (QED) is 0.301. The fourth-order valence-electron chi connectivity index (χ4n) is 6.37. The van der Waals surface area contributed by atoms with Crippen molar-refractivity contribution in [1.29, 1.82) is 0 Å². The highest BCUT2D eigenvalue weighted by atomic mass is 16.3. The summed E-state index contributed by atoms with van der Waals surface area (Å²) in [6.07, 6.45) is 28.4. The van der Waals surface area contributed by atoms with Crippen molar-refractivity contribution in [2.75, 3.05) is 19.6 Å². The average Bonchev–Trinajstić information content (AvgIpc) is 2.92. The molecule has 36 heavy (non-hydrogen) atoms. The summed E-state index contributed by atoms with van der Waals surface area (Å²) in [4.78, 5) is 31.3. The summed E-state index contributed by atoms with van der Waals surface area (Å²) >= 11 is 0. The molecule has 6 heteroatoms. The molecule has 0 radical (unpaired) electrons. The van der Waals surface area contributed by atoms with Crippen LogP contribution in [0.3, 0.4) is 0 Å². The molecule has 0 aromatic rings. The lowest BCUT2D eigenvalue weighted by molar-refractivity contribution is -0.0942. The monoisotopic (exact) mass is 497 g/mol. The lowest BCUT2D eigenvalue weighted by Gasteiger charge is -2.45. The van der Waals surface area contributed by atoms with Gasteiger partial charge in [-0.3, -0.25) is 9.80 Å². The minimum atomic E-state index is -1.15. The third-order valence-electron chi connectivity index (χ3n) is 8.66. The zero-order valence-electron chi connectivity index (χ0n) is 22.1. The Hall–Kier alpha value is -2.08. The van der Waals surface area contributed by atoms with Gasteiger partial charge in [0.2, 0.25) is 6.35 Å². The molecule has 0 saturated carbocycles. The zero-order valence-corrected chi connectivity index (χ0v) is 22.1. The van der Waals surface area contributed by atoms with E-state index in [1.54, 1.807) is 9.80 Å². The van der Waals surface area contributed by atoms with Crippen LogP contribution in [0.25, 0.3) is 0 Å². The van der Waals surface area contributed by atoms with Gasteiger partial charge in [0, 0.05) is 19.6 Å². The van der Waals surface area contributed by atoms with Crippen molar-refractivity contribution in [3.8, 4) is 0 Å². The highest BCUT2D eigenvalue weighted by Crippen LogP contribution is 2.28. The SMILES string of the molecule is O=C1N(CCCC2CC=CCC2)C(=O)N(CCCC2CC=CCC2)C(O)N1CCCC1CC=CCC1. The van der Waals surface area contributed by atoms with Crippen molar-refractivity contribution in [2.45, 2.75) is 103 Å². The largest absolute Gasteiger partial charge is 0.356 e. The molecule has 3 atom stereocenters. The highest BCUT2D eigenvalue weighted by molar-refractivity contribution is 5.95.